The summed E-state index contributed by atoms with van der Waals surface area (Å²) in [7, 11) is 0. The van der Waals surface area contributed by atoms with Crippen LogP contribution in [0.25, 0.3) is 0 Å². The fourth-order valence-electron chi connectivity index (χ4n) is 2.90. The van der Waals surface area contributed by atoms with Gasteiger partial charge in [0, 0.05) is 6.04 Å². The van der Waals surface area contributed by atoms with Gasteiger partial charge in [-0.3, -0.25) is 0 Å². The first-order valence-electron chi connectivity index (χ1n) is 7.70. The number of likely N-dealkylation sites (tertiary alicyclic amines) is 1. The lowest BCUT2D eigenvalue weighted by molar-refractivity contribution is 0.254. The Balaban J connectivity index is 1.81. The van der Waals surface area contributed by atoms with Gasteiger partial charge < -0.3 is 10.6 Å². The second-order valence-corrected chi connectivity index (χ2v) is 6.81. The molecule has 1 fully saturated rings. The highest BCUT2D eigenvalue weighted by molar-refractivity contribution is 5.19. The van der Waals surface area contributed by atoms with E-state index in [1.54, 1.807) is 12.1 Å². The predicted octanol–water partition coefficient (Wildman–Crippen LogP) is 3.73. The van der Waals surface area contributed by atoms with E-state index < -0.39 is 0 Å². The average molecular weight is 278 g/mol. The predicted molar refractivity (Wildman–Crippen MR) is 82.0 cm³/mol. The smallest absolute Gasteiger partial charge is 0.123 e. The van der Waals surface area contributed by atoms with Crippen LogP contribution < -0.4 is 5.73 Å². The summed E-state index contributed by atoms with van der Waals surface area (Å²) in [5, 5.41) is 0. The molecule has 0 radical (unpaired) electrons. The molecule has 1 aliphatic rings. The van der Waals surface area contributed by atoms with Crippen LogP contribution in [0, 0.1) is 11.2 Å². The summed E-state index contributed by atoms with van der Waals surface area (Å²) in [6.45, 7) is 8.11. The summed E-state index contributed by atoms with van der Waals surface area (Å²) < 4.78 is 12.9. The fraction of sp³-hybridized carbons (Fsp3) is 0.647. The zero-order valence-corrected chi connectivity index (χ0v) is 12.7. The molecule has 1 aliphatic heterocycles. The van der Waals surface area contributed by atoms with Crippen molar-refractivity contribution >= 4 is 0 Å². The van der Waals surface area contributed by atoms with E-state index in [9.17, 15) is 4.39 Å². The van der Waals surface area contributed by atoms with Crippen molar-refractivity contribution in [3.05, 3.63) is 35.6 Å². The van der Waals surface area contributed by atoms with Crippen molar-refractivity contribution in [2.24, 2.45) is 11.1 Å². The van der Waals surface area contributed by atoms with Crippen LogP contribution >= 0.6 is 0 Å². The van der Waals surface area contributed by atoms with Crippen LogP contribution in [0.3, 0.4) is 0 Å². The zero-order valence-electron chi connectivity index (χ0n) is 12.7. The molecule has 0 spiro atoms. The lowest BCUT2D eigenvalue weighted by Crippen LogP contribution is -2.29. The normalized spacial score (nSPS) is 21.4. The largest absolute Gasteiger partial charge is 0.324 e. The maximum absolute atomic E-state index is 12.9. The molecular formula is C17H27FN2. The highest BCUT2D eigenvalue weighted by atomic mass is 19.1. The third-order valence-corrected chi connectivity index (χ3v) is 4.49. The molecule has 20 heavy (non-hydrogen) atoms. The van der Waals surface area contributed by atoms with Gasteiger partial charge in [-0.2, -0.15) is 0 Å². The molecule has 2 N–H and O–H groups in total. The minimum atomic E-state index is -0.198. The highest BCUT2D eigenvalue weighted by Crippen LogP contribution is 2.30. The number of rotatable bonds is 4. The molecule has 1 aromatic rings. The van der Waals surface area contributed by atoms with E-state index in [0.717, 1.165) is 18.5 Å². The van der Waals surface area contributed by atoms with Crippen LogP contribution in [0.5, 0.6) is 0 Å². The first kappa shape index (κ1) is 15.5. The van der Waals surface area contributed by atoms with Crippen LogP contribution in [0.2, 0.25) is 0 Å². The van der Waals surface area contributed by atoms with Crippen molar-refractivity contribution < 1.29 is 4.39 Å². The van der Waals surface area contributed by atoms with Gasteiger partial charge in [0.25, 0.3) is 0 Å². The first-order chi connectivity index (χ1) is 9.46. The van der Waals surface area contributed by atoms with Gasteiger partial charge in [-0.1, -0.05) is 26.0 Å². The van der Waals surface area contributed by atoms with E-state index in [1.807, 2.05) is 0 Å². The van der Waals surface area contributed by atoms with E-state index in [0.29, 0.717) is 5.41 Å². The Hall–Kier alpha value is -0.930. The average Bonchev–Trinajstić information content (AvgIpc) is 2.58. The Kier molecular flexibility index (Phi) is 5.17. The molecule has 0 saturated carbocycles. The molecule has 0 aliphatic carbocycles. The second kappa shape index (κ2) is 6.68. The second-order valence-electron chi connectivity index (χ2n) is 6.81. The zero-order chi connectivity index (χ0) is 14.6. The molecular weight excluding hydrogens is 251 g/mol. The van der Waals surface area contributed by atoms with Crippen LogP contribution in [-0.2, 0) is 0 Å². The van der Waals surface area contributed by atoms with Gasteiger partial charge in [0.2, 0.25) is 0 Å². The molecule has 0 aromatic heterocycles. The molecule has 3 heteroatoms. The fourth-order valence-corrected chi connectivity index (χ4v) is 2.90. The monoisotopic (exact) mass is 278 g/mol. The number of hydrogen-bond donors (Lipinski definition) is 1. The first-order valence-corrected chi connectivity index (χ1v) is 7.70. The lowest BCUT2D eigenvalue weighted by atomic mass is 9.85. The Morgan fingerprint density at radius 1 is 1.20 bits per heavy atom. The third-order valence-electron chi connectivity index (χ3n) is 4.49. The van der Waals surface area contributed by atoms with E-state index in [2.05, 4.69) is 18.7 Å². The maximum Gasteiger partial charge on any atom is 0.123 e. The molecule has 1 heterocycles. The standard InChI is InChI=1S/C17H27FN2/c1-17(2)9-3-11-20(13-10-17)12-8-16(19)14-4-6-15(18)7-5-14/h4-7,16H,3,8-13,19H2,1-2H3. The van der Waals surface area contributed by atoms with Crippen LogP contribution in [0.1, 0.15) is 51.1 Å². The van der Waals surface area contributed by atoms with Gasteiger partial charge >= 0.3 is 0 Å². The Labute approximate surface area is 122 Å². The highest BCUT2D eigenvalue weighted by Gasteiger charge is 2.23. The number of halogens is 1. The van der Waals surface area contributed by atoms with Crippen molar-refractivity contribution in [1.29, 1.82) is 0 Å². The van der Waals surface area contributed by atoms with Gasteiger partial charge in [0.15, 0.2) is 0 Å². The van der Waals surface area contributed by atoms with Gasteiger partial charge in [-0.25, -0.2) is 4.39 Å². The number of benzene rings is 1. The summed E-state index contributed by atoms with van der Waals surface area (Å²) in [4.78, 5) is 2.53. The molecule has 1 atom stereocenters. The quantitative estimate of drug-likeness (QED) is 0.909. The minimum absolute atomic E-state index is 0.00635. The summed E-state index contributed by atoms with van der Waals surface area (Å²) in [5.41, 5.74) is 7.71. The Morgan fingerprint density at radius 3 is 2.60 bits per heavy atom. The van der Waals surface area contributed by atoms with Gasteiger partial charge in [-0.05, 0) is 68.4 Å². The molecule has 112 valence electrons. The molecule has 0 bridgehead atoms. The van der Waals surface area contributed by atoms with Crippen LogP contribution in [0.4, 0.5) is 4.39 Å². The molecule has 2 nitrogen and oxygen atoms in total. The Bertz CT molecular complexity index is 414. The number of nitrogens with two attached hydrogens (primary N) is 1. The van der Waals surface area contributed by atoms with E-state index in [-0.39, 0.29) is 11.9 Å². The molecule has 1 unspecified atom stereocenters. The molecule has 0 amide bonds. The summed E-state index contributed by atoms with van der Waals surface area (Å²) in [6, 6.07) is 6.58. The van der Waals surface area contributed by atoms with Crippen LogP contribution in [0.15, 0.2) is 24.3 Å². The maximum atomic E-state index is 12.9. The van der Waals surface area contributed by atoms with Gasteiger partial charge in [0.1, 0.15) is 5.82 Å². The summed E-state index contributed by atoms with van der Waals surface area (Å²) >= 11 is 0. The topological polar surface area (TPSA) is 29.3 Å². The van der Waals surface area contributed by atoms with Crippen molar-refractivity contribution in [3.8, 4) is 0 Å². The molecule has 1 aromatic carbocycles. The van der Waals surface area contributed by atoms with Crippen molar-refractivity contribution in [3.63, 3.8) is 0 Å². The number of hydrogen-bond acceptors (Lipinski definition) is 2. The van der Waals surface area contributed by atoms with E-state index >= 15 is 0 Å². The Morgan fingerprint density at radius 2 is 1.90 bits per heavy atom. The van der Waals surface area contributed by atoms with Crippen molar-refractivity contribution in [2.75, 3.05) is 19.6 Å². The molecule has 1 saturated heterocycles. The SMILES string of the molecule is CC1(C)CCCN(CCC(N)c2ccc(F)cc2)CC1. The van der Waals surface area contributed by atoms with Crippen molar-refractivity contribution in [2.45, 2.75) is 45.6 Å². The van der Waals surface area contributed by atoms with E-state index in [1.165, 1.54) is 44.5 Å². The van der Waals surface area contributed by atoms with Crippen molar-refractivity contribution in [1.82, 2.24) is 4.90 Å². The van der Waals surface area contributed by atoms with E-state index in [4.69, 9.17) is 5.73 Å². The van der Waals surface area contributed by atoms with Gasteiger partial charge in [-0.15, -0.1) is 0 Å². The number of nitrogens with zero attached hydrogens (tertiary/aromatic N) is 1. The van der Waals surface area contributed by atoms with Gasteiger partial charge in [0.05, 0.1) is 0 Å². The third kappa shape index (κ3) is 4.57. The van der Waals surface area contributed by atoms with Crippen LogP contribution in [-0.4, -0.2) is 24.5 Å². The summed E-state index contributed by atoms with van der Waals surface area (Å²) in [5.74, 6) is -0.198. The lowest BCUT2D eigenvalue weighted by Gasteiger charge is -2.24. The minimum Gasteiger partial charge on any atom is -0.324 e. The molecule has 2 rings (SSSR count). The summed E-state index contributed by atoms with van der Waals surface area (Å²) in [6.07, 6.45) is 4.79.